The zero-order valence-electron chi connectivity index (χ0n) is 10.9. The van der Waals surface area contributed by atoms with Crippen molar-refractivity contribution in [1.29, 1.82) is 0 Å². The van der Waals surface area contributed by atoms with E-state index < -0.39 is 0 Å². The summed E-state index contributed by atoms with van der Waals surface area (Å²) in [4.78, 5) is 0. The molecule has 1 aromatic rings. The van der Waals surface area contributed by atoms with Crippen molar-refractivity contribution in [3.05, 3.63) is 34.9 Å². The van der Waals surface area contributed by atoms with Crippen LogP contribution in [0.2, 0.25) is 0 Å². The van der Waals surface area contributed by atoms with Crippen LogP contribution in [0.15, 0.2) is 12.1 Å². The first kappa shape index (κ1) is 13.5. The molecule has 1 atom stereocenters. The maximum Gasteiger partial charge on any atom is 0.128 e. The van der Waals surface area contributed by atoms with Crippen LogP contribution < -0.4 is 5.73 Å². The maximum absolute atomic E-state index is 13.8. The highest BCUT2D eigenvalue weighted by Gasteiger charge is 2.20. The zero-order chi connectivity index (χ0) is 13.1. The van der Waals surface area contributed by atoms with Gasteiger partial charge in [0.1, 0.15) is 11.6 Å². The van der Waals surface area contributed by atoms with Crippen LogP contribution in [0, 0.1) is 24.5 Å². The summed E-state index contributed by atoms with van der Waals surface area (Å²) in [5.41, 5.74) is 6.70. The summed E-state index contributed by atoms with van der Waals surface area (Å²) in [6.45, 7) is 1.56. The molecular weight excluding hydrogens is 232 g/mol. The van der Waals surface area contributed by atoms with E-state index in [2.05, 4.69) is 0 Å². The lowest BCUT2D eigenvalue weighted by Crippen LogP contribution is -2.19. The molecule has 0 aliphatic heterocycles. The second kappa shape index (κ2) is 5.79. The Hall–Kier alpha value is -0.960. The number of halogens is 2. The first-order valence-corrected chi connectivity index (χ1v) is 6.79. The highest BCUT2D eigenvalue weighted by molar-refractivity contribution is 5.27. The van der Waals surface area contributed by atoms with Gasteiger partial charge in [0.25, 0.3) is 0 Å². The lowest BCUT2D eigenvalue weighted by molar-refractivity contribution is 0.316. The van der Waals surface area contributed by atoms with Crippen LogP contribution in [0.25, 0.3) is 0 Å². The van der Waals surface area contributed by atoms with Crippen LogP contribution in [0.3, 0.4) is 0 Å². The van der Waals surface area contributed by atoms with Crippen molar-refractivity contribution < 1.29 is 8.78 Å². The molecule has 0 aromatic heterocycles. The van der Waals surface area contributed by atoms with Crippen LogP contribution in [0.5, 0.6) is 0 Å². The van der Waals surface area contributed by atoms with Crippen molar-refractivity contribution in [3.8, 4) is 0 Å². The van der Waals surface area contributed by atoms with Gasteiger partial charge in [-0.1, -0.05) is 32.1 Å². The van der Waals surface area contributed by atoms with Crippen LogP contribution >= 0.6 is 0 Å². The third-order valence-electron chi connectivity index (χ3n) is 3.99. The molecule has 1 aliphatic rings. The SMILES string of the molecule is Cc1cc(F)c(C(N)CC2CCCCC2)cc1F. The van der Waals surface area contributed by atoms with Crippen molar-refractivity contribution in [2.24, 2.45) is 11.7 Å². The van der Waals surface area contributed by atoms with Gasteiger partial charge in [-0.3, -0.25) is 0 Å². The van der Waals surface area contributed by atoms with Crippen LogP contribution in [-0.2, 0) is 0 Å². The molecule has 2 N–H and O–H groups in total. The Morgan fingerprint density at radius 3 is 2.50 bits per heavy atom. The Balaban J connectivity index is 2.08. The number of rotatable bonds is 3. The molecular formula is C15H21F2N. The molecule has 0 amide bonds. The van der Waals surface area contributed by atoms with E-state index >= 15 is 0 Å². The molecule has 1 aliphatic carbocycles. The molecule has 0 radical (unpaired) electrons. The number of nitrogens with two attached hydrogens (primary N) is 1. The van der Waals surface area contributed by atoms with Gasteiger partial charge in [0.15, 0.2) is 0 Å². The van der Waals surface area contributed by atoms with Crippen molar-refractivity contribution in [2.75, 3.05) is 0 Å². The van der Waals surface area contributed by atoms with Crippen molar-refractivity contribution >= 4 is 0 Å². The van der Waals surface area contributed by atoms with Gasteiger partial charge < -0.3 is 5.73 Å². The fourth-order valence-electron chi connectivity index (χ4n) is 2.85. The van der Waals surface area contributed by atoms with E-state index in [9.17, 15) is 8.78 Å². The van der Waals surface area contributed by atoms with Crippen LogP contribution in [0.4, 0.5) is 8.78 Å². The third kappa shape index (κ3) is 3.08. The van der Waals surface area contributed by atoms with Gasteiger partial charge in [0.05, 0.1) is 0 Å². The molecule has 0 bridgehead atoms. The Kier molecular flexibility index (Phi) is 4.33. The fraction of sp³-hybridized carbons (Fsp3) is 0.600. The molecule has 1 fully saturated rings. The fourth-order valence-corrected chi connectivity index (χ4v) is 2.85. The topological polar surface area (TPSA) is 26.0 Å². The largest absolute Gasteiger partial charge is 0.324 e. The van der Waals surface area contributed by atoms with E-state index in [1.807, 2.05) is 0 Å². The Bertz CT molecular complexity index is 411. The number of aryl methyl sites for hydroxylation is 1. The molecule has 0 saturated heterocycles. The highest BCUT2D eigenvalue weighted by Crippen LogP contribution is 2.32. The monoisotopic (exact) mass is 253 g/mol. The van der Waals surface area contributed by atoms with Crippen molar-refractivity contribution in [3.63, 3.8) is 0 Å². The molecule has 100 valence electrons. The molecule has 1 saturated carbocycles. The van der Waals surface area contributed by atoms with Crippen molar-refractivity contribution in [2.45, 2.75) is 51.5 Å². The quantitative estimate of drug-likeness (QED) is 0.856. The van der Waals surface area contributed by atoms with E-state index in [0.29, 0.717) is 17.0 Å². The maximum atomic E-state index is 13.8. The summed E-state index contributed by atoms with van der Waals surface area (Å²) in [5, 5.41) is 0. The smallest absolute Gasteiger partial charge is 0.128 e. The number of hydrogen-bond donors (Lipinski definition) is 1. The Labute approximate surface area is 107 Å². The minimum atomic E-state index is -0.386. The molecule has 1 aromatic carbocycles. The van der Waals surface area contributed by atoms with Gasteiger partial charge in [-0.15, -0.1) is 0 Å². The second-order valence-corrected chi connectivity index (χ2v) is 5.47. The van der Waals surface area contributed by atoms with Gasteiger partial charge in [-0.05, 0) is 37.0 Å². The average Bonchev–Trinajstić information content (AvgIpc) is 2.35. The van der Waals surface area contributed by atoms with Gasteiger partial charge >= 0.3 is 0 Å². The number of hydrogen-bond acceptors (Lipinski definition) is 1. The summed E-state index contributed by atoms with van der Waals surface area (Å²) in [6.07, 6.45) is 6.87. The minimum Gasteiger partial charge on any atom is -0.324 e. The summed E-state index contributed by atoms with van der Waals surface area (Å²) in [7, 11) is 0. The first-order chi connectivity index (χ1) is 8.58. The van der Waals surface area contributed by atoms with E-state index in [1.54, 1.807) is 6.92 Å². The molecule has 1 unspecified atom stereocenters. The Morgan fingerprint density at radius 1 is 1.17 bits per heavy atom. The minimum absolute atomic E-state index is 0.323. The summed E-state index contributed by atoms with van der Waals surface area (Å²) >= 11 is 0. The molecule has 0 spiro atoms. The van der Waals surface area contributed by atoms with Crippen LogP contribution in [0.1, 0.15) is 55.7 Å². The summed E-state index contributed by atoms with van der Waals surface area (Å²) in [6, 6.07) is 2.12. The standard InChI is InChI=1S/C15H21F2N/c1-10-7-14(17)12(9-13(10)16)15(18)8-11-5-3-2-4-6-11/h7,9,11,15H,2-6,8,18H2,1H3. The number of benzene rings is 1. The normalized spacial score (nSPS) is 18.9. The van der Waals surface area contributed by atoms with Gasteiger partial charge in [-0.2, -0.15) is 0 Å². The lowest BCUT2D eigenvalue weighted by atomic mass is 9.83. The van der Waals surface area contributed by atoms with Gasteiger partial charge in [0.2, 0.25) is 0 Å². The molecule has 0 heterocycles. The van der Waals surface area contributed by atoms with E-state index in [0.717, 1.165) is 6.42 Å². The summed E-state index contributed by atoms with van der Waals surface area (Å²) in [5.74, 6) is -0.180. The zero-order valence-corrected chi connectivity index (χ0v) is 10.9. The predicted molar refractivity (Wildman–Crippen MR) is 69.2 cm³/mol. The lowest BCUT2D eigenvalue weighted by Gasteiger charge is -2.25. The summed E-state index contributed by atoms with van der Waals surface area (Å²) < 4.78 is 27.3. The third-order valence-corrected chi connectivity index (χ3v) is 3.99. The Morgan fingerprint density at radius 2 is 1.83 bits per heavy atom. The van der Waals surface area contributed by atoms with Gasteiger partial charge in [0, 0.05) is 11.6 Å². The first-order valence-electron chi connectivity index (χ1n) is 6.79. The van der Waals surface area contributed by atoms with E-state index in [4.69, 9.17) is 5.73 Å². The van der Waals surface area contributed by atoms with E-state index in [1.165, 1.54) is 44.2 Å². The molecule has 2 rings (SSSR count). The highest BCUT2D eigenvalue weighted by atomic mass is 19.1. The average molecular weight is 253 g/mol. The predicted octanol–water partition coefficient (Wildman–Crippen LogP) is 4.24. The molecule has 3 heteroatoms. The van der Waals surface area contributed by atoms with Crippen LogP contribution in [-0.4, -0.2) is 0 Å². The van der Waals surface area contributed by atoms with E-state index in [-0.39, 0.29) is 17.7 Å². The second-order valence-electron chi connectivity index (χ2n) is 5.47. The molecule has 1 nitrogen and oxygen atoms in total. The molecule has 18 heavy (non-hydrogen) atoms. The van der Waals surface area contributed by atoms with Gasteiger partial charge in [-0.25, -0.2) is 8.78 Å². The van der Waals surface area contributed by atoms with Crippen molar-refractivity contribution in [1.82, 2.24) is 0 Å².